The molecule has 0 aromatic heterocycles. The Morgan fingerprint density at radius 1 is 0.667 bits per heavy atom. The van der Waals surface area contributed by atoms with Gasteiger partial charge in [0.15, 0.2) is 0 Å². The van der Waals surface area contributed by atoms with E-state index in [0.29, 0.717) is 13.1 Å². The summed E-state index contributed by atoms with van der Waals surface area (Å²) in [6.07, 6.45) is 4.47. The minimum atomic E-state index is -3.19. The molecule has 5 heteroatoms. The average Bonchev–Trinajstić information content (AvgIpc) is 3.06. The van der Waals surface area contributed by atoms with Crippen LogP contribution in [0.3, 0.4) is 0 Å². The summed E-state index contributed by atoms with van der Waals surface area (Å²) < 4.78 is 4.31. The molecule has 2 aliphatic rings. The fourth-order valence-electron chi connectivity index (χ4n) is 5.99. The summed E-state index contributed by atoms with van der Waals surface area (Å²) >= 11 is 0. The molecule has 4 aromatic rings. The Balaban J connectivity index is 1.38. The molecule has 4 nitrogen and oxygen atoms in total. The molecule has 2 N–H and O–H groups in total. The minimum absolute atomic E-state index is 0.239. The van der Waals surface area contributed by atoms with Crippen molar-refractivity contribution in [2.75, 3.05) is 0 Å². The highest BCUT2D eigenvalue weighted by molar-refractivity contribution is 7.54. The average molecular weight is 456 g/mol. The Morgan fingerprint density at radius 2 is 1.09 bits per heavy atom. The Bertz CT molecular complexity index is 1260. The van der Waals surface area contributed by atoms with Crippen LogP contribution in [-0.4, -0.2) is 26.3 Å². The van der Waals surface area contributed by atoms with Crippen molar-refractivity contribution in [2.24, 2.45) is 0 Å². The zero-order valence-corrected chi connectivity index (χ0v) is 19.7. The molecule has 2 fully saturated rings. The lowest BCUT2D eigenvalue weighted by atomic mass is 9.89. The molecule has 1 aliphatic carbocycles. The van der Waals surface area contributed by atoms with E-state index in [-0.39, 0.29) is 12.1 Å². The lowest BCUT2D eigenvalue weighted by molar-refractivity contribution is 0.198. The lowest BCUT2D eigenvalue weighted by Gasteiger charge is -2.31. The maximum atomic E-state index is 11.8. The number of rotatable bonds is 4. The van der Waals surface area contributed by atoms with Crippen molar-refractivity contribution in [3.05, 3.63) is 96.1 Å². The van der Waals surface area contributed by atoms with Gasteiger partial charge in [0.25, 0.3) is 0 Å². The van der Waals surface area contributed by atoms with E-state index in [1.807, 2.05) is 0 Å². The summed E-state index contributed by atoms with van der Waals surface area (Å²) in [4.78, 5) is 11.8. The van der Waals surface area contributed by atoms with Crippen molar-refractivity contribution >= 4 is 29.1 Å². The Morgan fingerprint density at radius 3 is 1.58 bits per heavy atom. The Kier molecular flexibility index (Phi) is 5.35. The van der Waals surface area contributed by atoms with Gasteiger partial charge in [-0.3, -0.25) is 5.16 Å². The van der Waals surface area contributed by atoms with E-state index in [1.165, 1.54) is 45.5 Å². The van der Waals surface area contributed by atoms with Gasteiger partial charge in [0.2, 0.25) is 7.58 Å². The highest BCUT2D eigenvalue weighted by Crippen LogP contribution is 2.62. The number of hydrogen-bond acceptors (Lipinski definition) is 1. The maximum absolute atomic E-state index is 11.8. The van der Waals surface area contributed by atoms with Crippen LogP contribution in [0.2, 0.25) is 0 Å². The quantitative estimate of drug-likeness (QED) is 0.322. The zero-order chi connectivity index (χ0) is 22.4. The van der Waals surface area contributed by atoms with Gasteiger partial charge < -0.3 is 4.89 Å². The van der Waals surface area contributed by atoms with E-state index < -0.39 is 7.58 Å². The van der Waals surface area contributed by atoms with Crippen molar-refractivity contribution in [2.45, 2.75) is 50.9 Å². The molecule has 1 saturated heterocycles. The largest absolute Gasteiger partial charge is 0.337 e. The highest BCUT2D eigenvalue weighted by atomic mass is 31.2. The van der Waals surface area contributed by atoms with Crippen molar-refractivity contribution in [1.29, 1.82) is 5.16 Å². The number of nitrogens with zero attached hydrogens (tertiary/aromatic N) is 2. The number of benzene rings is 4. The Hall–Kier alpha value is -2.49. The van der Waals surface area contributed by atoms with E-state index in [1.54, 1.807) is 0 Å². The monoisotopic (exact) mass is 455 g/mol. The van der Waals surface area contributed by atoms with Crippen LogP contribution in [0.15, 0.2) is 84.9 Å². The van der Waals surface area contributed by atoms with Crippen LogP contribution in [0.25, 0.3) is 21.5 Å². The van der Waals surface area contributed by atoms with Gasteiger partial charge in [0.1, 0.15) is 0 Å². The molecular formula is C28H30N3OP. The lowest BCUT2D eigenvalue weighted by Crippen LogP contribution is -2.39. The van der Waals surface area contributed by atoms with E-state index in [0.717, 1.165) is 12.8 Å². The second-order valence-corrected chi connectivity index (χ2v) is 11.6. The molecule has 168 valence electrons. The van der Waals surface area contributed by atoms with E-state index >= 15 is 0 Å². The summed E-state index contributed by atoms with van der Waals surface area (Å²) in [5.74, 6) is 0. The third kappa shape index (κ3) is 3.62. The molecule has 33 heavy (non-hydrogen) atoms. The zero-order valence-electron chi connectivity index (χ0n) is 18.8. The first kappa shape index (κ1) is 21.1. The standard InChI is InChI=1S/C28H30N3OP/c29-33(32)30(19-23-13-7-11-21-9-1-3-15-25(21)23)27-17-5-6-18-28(27)31(33)20-24-14-8-12-22-10-2-4-16-26(22)24/h1-4,7-16,27-28H,5-6,17-20H2,(H2,29,32)/t27-,28-/m1/s1. The van der Waals surface area contributed by atoms with Crippen LogP contribution in [0.1, 0.15) is 36.8 Å². The number of nitrogens with one attached hydrogen (secondary N) is 1. The molecule has 0 radical (unpaired) electrons. The third-order valence-corrected chi connectivity index (χ3v) is 9.91. The number of hydrogen-bond donors (Lipinski definition) is 2. The van der Waals surface area contributed by atoms with Gasteiger partial charge in [-0.15, -0.1) is 0 Å². The SMILES string of the molecule is N=P1(O)N(Cc2cccc3ccccc23)[C@@H]2CCCC[C@H]2N1Cc1cccc2ccccc12. The summed E-state index contributed by atoms with van der Waals surface area (Å²) in [7, 11) is -3.19. The molecule has 0 bridgehead atoms. The summed E-state index contributed by atoms with van der Waals surface area (Å²) in [6, 6.07) is 30.2. The third-order valence-electron chi connectivity index (χ3n) is 7.60. The van der Waals surface area contributed by atoms with Gasteiger partial charge in [0.05, 0.1) is 0 Å². The van der Waals surface area contributed by atoms with Crippen LogP contribution in [0.4, 0.5) is 0 Å². The van der Waals surface area contributed by atoms with Crippen LogP contribution in [0.5, 0.6) is 0 Å². The van der Waals surface area contributed by atoms with E-state index in [9.17, 15) is 10.1 Å². The predicted octanol–water partition coefficient (Wildman–Crippen LogP) is 7.14. The molecule has 1 aliphatic heterocycles. The van der Waals surface area contributed by atoms with Crippen LogP contribution in [-0.2, 0) is 13.1 Å². The fraction of sp³-hybridized carbons (Fsp3) is 0.286. The number of fused-ring (bicyclic) bond motifs is 3. The molecule has 6 rings (SSSR count). The van der Waals surface area contributed by atoms with Crippen LogP contribution in [0, 0.1) is 5.16 Å². The first-order valence-corrected chi connectivity index (χ1v) is 13.6. The van der Waals surface area contributed by atoms with Gasteiger partial charge in [-0.2, -0.15) is 0 Å². The summed E-state index contributed by atoms with van der Waals surface area (Å²) in [5.41, 5.74) is 2.41. The highest BCUT2D eigenvalue weighted by Gasteiger charge is 2.51. The molecule has 0 spiro atoms. The van der Waals surface area contributed by atoms with Gasteiger partial charge in [0, 0.05) is 25.2 Å². The predicted molar refractivity (Wildman–Crippen MR) is 137 cm³/mol. The molecular weight excluding hydrogens is 425 g/mol. The van der Waals surface area contributed by atoms with Crippen molar-refractivity contribution < 1.29 is 4.89 Å². The molecule has 1 heterocycles. The normalized spacial score (nSPS) is 23.2. The second kappa shape index (κ2) is 8.38. The minimum Gasteiger partial charge on any atom is -0.337 e. The van der Waals surface area contributed by atoms with Gasteiger partial charge >= 0.3 is 0 Å². The van der Waals surface area contributed by atoms with Crippen LogP contribution >= 0.6 is 7.58 Å². The first-order valence-electron chi connectivity index (χ1n) is 12.0. The molecule has 0 amide bonds. The van der Waals surface area contributed by atoms with Gasteiger partial charge in [-0.1, -0.05) is 97.8 Å². The van der Waals surface area contributed by atoms with E-state index in [2.05, 4.69) is 94.3 Å². The van der Waals surface area contributed by atoms with Crippen LogP contribution < -0.4 is 0 Å². The summed E-state index contributed by atoms with van der Waals surface area (Å²) in [5, 5.41) is 14.2. The molecule has 1 saturated carbocycles. The summed E-state index contributed by atoms with van der Waals surface area (Å²) in [6.45, 7) is 1.25. The smallest absolute Gasteiger partial charge is 0.223 e. The molecule has 2 atom stereocenters. The molecule has 0 unspecified atom stereocenters. The van der Waals surface area contributed by atoms with Crippen molar-refractivity contribution in [1.82, 2.24) is 9.34 Å². The van der Waals surface area contributed by atoms with Crippen molar-refractivity contribution in [3.8, 4) is 0 Å². The van der Waals surface area contributed by atoms with Gasteiger partial charge in [-0.25, -0.2) is 9.34 Å². The Labute approximate surface area is 195 Å². The maximum Gasteiger partial charge on any atom is 0.223 e. The molecule has 4 aromatic carbocycles. The van der Waals surface area contributed by atoms with Crippen molar-refractivity contribution in [3.63, 3.8) is 0 Å². The first-order chi connectivity index (χ1) is 16.1. The fourth-order valence-corrected chi connectivity index (χ4v) is 8.35. The topological polar surface area (TPSA) is 50.6 Å². The van der Waals surface area contributed by atoms with E-state index in [4.69, 9.17) is 0 Å². The second-order valence-electron chi connectivity index (χ2n) is 9.46. The van der Waals surface area contributed by atoms with Gasteiger partial charge in [-0.05, 0) is 45.5 Å².